The average molecular weight is 292 g/mol. The van der Waals surface area contributed by atoms with Crippen LogP contribution in [-0.4, -0.2) is 29.4 Å². The summed E-state index contributed by atoms with van der Waals surface area (Å²) >= 11 is 4.70. The fraction of sp³-hybridized carbons (Fsp3) is 0.583. The first-order valence-corrected chi connectivity index (χ1v) is 7.46. The minimum Gasteiger partial charge on any atom is -0.431 e. The van der Waals surface area contributed by atoms with Gasteiger partial charge in [0.15, 0.2) is 5.12 Å². The molecular formula is C12H20O4S2. The molecule has 0 bridgehead atoms. The Kier molecular flexibility index (Phi) is 13.8. The van der Waals surface area contributed by atoms with Crippen molar-refractivity contribution in [2.24, 2.45) is 0 Å². The Balaban J connectivity index is 0. The third kappa shape index (κ3) is 13.3. The molecule has 0 spiro atoms. The van der Waals surface area contributed by atoms with Crippen LogP contribution >= 0.6 is 24.4 Å². The first kappa shape index (κ1) is 19.6. The number of thiol groups is 1. The number of rotatable bonds is 3. The zero-order chi connectivity index (χ0) is 14.6. The highest BCUT2D eigenvalue weighted by atomic mass is 32.2. The summed E-state index contributed by atoms with van der Waals surface area (Å²) in [5, 5.41) is 0.0881. The second-order valence-corrected chi connectivity index (χ2v) is 4.13. The van der Waals surface area contributed by atoms with E-state index in [4.69, 9.17) is 0 Å². The lowest BCUT2D eigenvalue weighted by Gasteiger charge is -1.90. The van der Waals surface area contributed by atoms with Crippen molar-refractivity contribution in [3.8, 4) is 0 Å². The van der Waals surface area contributed by atoms with E-state index in [0.29, 0.717) is 19.3 Å². The van der Waals surface area contributed by atoms with Gasteiger partial charge in [0.2, 0.25) is 0 Å². The number of Topliss-reactive ketones (excluding diaryl/α,β-unsaturated/α-hetero) is 1. The van der Waals surface area contributed by atoms with Crippen LogP contribution in [0.3, 0.4) is 0 Å². The molecule has 18 heavy (non-hydrogen) atoms. The summed E-state index contributed by atoms with van der Waals surface area (Å²) in [6.45, 7) is 3.26. The Morgan fingerprint density at radius 2 is 1.94 bits per heavy atom. The standard InChI is InChI=1S/C6H10O2S.C5H6O2.CH4S/c1-5(7)3-4-6(8)9-2;1-4-2-3-5(6)7-4;1-2/h3-4H2,1-2H3;2H,3H2,1H3;2H,1H3. The number of ketones is 1. The first-order valence-electron chi connectivity index (χ1n) is 5.34. The summed E-state index contributed by atoms with van der Waals surface area (Å²) in [6, 6.07) is 0. The Labute approximate surface area is 118 Å². The van der Waals surface area contributed by atoms with Gasteiger partial charge in [-0.3, -0.25) is 9.59 Å². The van der Waals surface area contributed by atoms with Crippen LogP contribution in [0.5, 0.6) is 0 Å². The van der Waals surface area contributed by atoms with Crippen LogP contribution in [0.25, 0.3) is 0 Å². The predicted molar refractivity (Wildman–Crippen MR) is 77.8 cm³/mol. The Morgan fingerprint density at radius 1 is 1.39 bits per heavy atom. The average Bonchev–Trinajstić information content (AvgIpc) is 2.73. The van der Waals surface area contributed by atoms with Crippen molar-refractivity contribution in [1.29, 1.82) is 0 Å². The molecule has 6 heteroatoms. The van der Waals surface area contributed by atoms with E-state index in [0.717, 1.165) is 5.76 Å². The molecule has 0 unspecified atom stereocenters. The Morgan fingerprint density at radius 3 is 2.17 bits per heavy atom. The van der Waals surface area contributed by atoms with Gasteiger partial charge in [-0.05, 0) is 32.4 Å². The van der Waals surface area contributed by atoms with Crippen LogP contribution in [-0.2, 0) is 19.1 Å². The molecule has 0 radical (unpaired) electrons. The van der Waals surface area contributed by atoms with Gasteiger partial charge in [-0.25, -0.2) is 0 Å². The zero-order valence-corrected chi connectivity index (χ0v) is 12.9. The number of allylic oxidation sites excluding steroid dienone is 1. The number of hydrogen-bond acceptors (Lipinski definition) is 6. The third-order valence-electron chi connectivity index (χ3n) is 1.74. The van der Waals surface area contributed by atoms with Crippen molar-refractivity contribution in [3.63, 3.8) is 0 Å². The normalized spacial score (nSPS) is 12.3. The largest absolute Gasteiger partial charge is 0.431 e. The van der Waals surface area contributed by atoms with Crippen LogP contribution < -0.4 is 0 Å². The van der Waals surface area contributed by atoms with Crippen LogP contribution in [0.15, 0.2) is 11.8 Å². The van der Waals surface area contributed by atoms with Crippen molar-refractivity contribution in [2.75, 3.05) is 12.5 Å². The number of ether oxygens (including phenoxy) is 1. The summed E-state index contributed by atoms with van der Waals surface area (Å²) in [6.07, 6.45) is 6.41. The number of thioether (sulfide) groups is 1. The van der Waals surface area contributed by atoms with E-state index in [1.807, 2.05) is 0 Å². The molecule has 1 aliphatic rings. The van der Waals surface area contributed by atoms with E-state index in [2.05, 4.69) is 17.4 Å². The maximum Gasteiger partial charge on any atom is 0.314 e. The molecule has 1 aliphatic heterocycles. The number of esters is 1. The molecule has 0 atom stereocenters. The first-order chi connectivity index (χ1) is 8.45. The number of carbonyl (C=O) groups is 3. The monoisotopic (exact) mass is 292 g/mol. The minimum absolute atomic E-state index is 0.0809. The van der Waals surface area contributed by atoms with E-state index < -0.39 is 0 Å². The SMILES string of the molecule is CC1=CCC(=O)O1.CS.CSC(=O)CCC(C)=O. The molecule has 0 N–H and O–H groups in total. The van der Waals surface area contributed by atoms with Crippen LogP contribution in [0, 0.1) is 0 Å². The summed E-state index contributed by atoms with van der Waals surface area (Å²) in [7, 11) is 0. The molecule has 1 rings (SSSR count). The smallest absolute Gasteiger partial charge is 0.314 e. The highest BCUT2D eigenvalue weighted by Crippen LogP contribution is 2.07. The van der Waals surface area contributed by atoms with Crippen LogP contribution in [0.4, 0.5) is 0 Å². The quantitative estimate of drug-likeness (QED) is 0.640. The van der Waals surface area contributed by atoms with Crippen LogP contribution in [0.2, 0.25) is 0 Å². The molecule has 1 heterocycles. The van der Waals surface area contributed by atoms with Gasteiger partial charge in [-0.1, -0.05) is 11.8 Å². The number of cyclic esters (lactones) is 1. The van der Waals surface area contributed by atoms with Crippen molar-refractivity contribution < 1.29 is 19.1 Å². The fourth-order valence-corrected chi connectivity index (χ4v) is 1.18. The molecule has 4 nitrogen and oxygen atoms in total. The van der Waals surface area contributed by atoms with Gasteiger partial charge in [-0.15, -0.1) is 0 Å². The van der Waals surface area contributed by atoms with Crippen molar-refractivity contribution in [3.05, 3.63) is 11.8 Å². The summed E-state index contributed by atoms with van der Waals surface area (Å²) in [5.74, 6) is 0.667. The van der Waals surface area contributed by atoms with Gasteiger partial charge in [0.1, 0.15) is 11.5 Å². The van der Waals surface area contributed by atoms with Gasteiger partial charge in [0, 0.05) is 12.8 Å². The summed E-state index contributed by atoms with van der Waals surface area (Å²) in [4.78, 5) is 31.0. The second-order valence-electron chi connectivity index (χ2n) is 3.27. The second kappa shape index (κ2) is 12.7. The highest BCUT2D eigenvalue weighted by Gasteiger charge is 2.08. The molecule has 0 aromatic rings. The zero-order valence-electron chi connectivity index (χ0n) is 11.2. The number of carbonyl (C=O) groups excluding carboxylic acids is 3. The van der Waals surface area contributed by atoms with E-state index in [1.54, 1.807) is 25.5 Å². The molecular weight excluding hydrogens is 272 g/mol. The molecule has 0 saturated heterocycles. The van der Waals surface area contributed by atoms with Crippen molar-refractivity contribution >= 4 is 41.3 Å². The summed E-state index contributed by atoms with van der Waals surface area (Å²) in [5.41, 5.74) is 0. The predicted octanol–water partition coefficient (Wildman–Crippen LogP) is 2.63. The minimum atomic E-state index is -0.141. The molecule has 104 valence electrons. The maximum absolute atomic E-state index is 10.5. The molecule has 0 aromatic heterocycles. The van der Waals surface area contributed by atoms with E-state index in [1.165, 1.54) is 18.7 Å². The lowest BCUT2D eigenvalue weighted by Crippen LogP contribution is -1.95. The lowest BCUT2D eigenvalue weighted by molar-refractivity contribution is -0.136. The van der Waals surface area contributed by atoms with Gasteiger partial charge >= 0.3 is 5.97 Å². The van der Waals surface area contributed by atoms with E-state index in [9.17, 15) is 14.4 Å². The van der Waals surface area contributed by atoms with Crippen LogP contribution in [0.1, 0.15) is 33.1 Å². The molecule has 0 amide bonds. The maximum atomic E-state index is 10.5. The van der Waals surface area contributed by atoms with E-state index in [-0.39, 0.29) is 16.9 Å². The lowest BCUT2D eigenvalue weighted by atomic mass is 10.2. The molecule has 0 fully saturated rings. The van der Waals surface area contributed by atoms with Gasteiger partial charge in [0.25, 0.3) is 0 Å². The van der Waals surface area contributed by atoms with Gasteiger partial charge in [-0.2, -0.15) is 12.6 Å². The molecule has 0 aliphatic carbocycles. The highest BCUT2D eigenvalue weighted by molar-refractivity contribution is 8.13. The molecule has 0 saturated carbocycles. The van der Waals surface area contributed by atoms with Gasteiger partial charge < -0.3 is 9.53 Å². The Bertz CT molecular complexity index is 311. The van der Waals surface area contributed by atoms with E-state index >= 15 is 0 Å². The fourth-order valence-electron chi connectivity index (χ4n) is 0.870. The topological polar surface area (TPSA) is 60.4 Å². The third-order valence-corrected chi connectivity index (χ3v) is 2.40. The molecule has 0 aromatic carbocycles. The van der Waals surface area contributed by atoms with Crippen molar-refractivity contribution in [2.45, 2.75) is 33.1 Å². The number of hydrogen-bond donors (Lipinski definition) is 1. The van der Waals surface area contributed by atoms with Crippen molar-refractivity contribution in [1.82, 2.24) is 0 Å². The van der Waals surface area contributed by atoms with Gasteiger partial charge in [0.05, 0.1) is 6.42 Å². The summed E-state index contributed by atoms with van der Waals surface area (Å²) < 4.78 is 4.58. The Hall–Kier alpha value is -0.750.